The van der Waals surface area contributed by atoms with E-state index in [9.17, 15) is 0 Å². The molecule has 2 N–H and O–H groups in total. The van der Waals surface area contributed by atoms with E-state index in [1.165, 1.54) is 36.1 Å². The third kappa shape index (κ3) is 5.05. The van der Waals surface area contributed by atoms with Crippen LogP contribution in [0.2, 0.25) is 0 Å². The number of aromatic nitrogens is 2. The van der Waals surface area contributed by atoms with E-state index in [1.54, 1.807) is 0 Å². The molecular weight excluding hydrogens is 358 g/mol. The van der Waals surface area contributed by atoms with Gasteiger partial charge in [-0.2, -0.15) is 4.98 Å². The molecule has 0 radical (unpaired) electrons. The number of hydrogen-bond acceptors (Lipinski definition) is 5. The van der Waals surface area contributed by atoms with Gasteiger partial charge in [0.25, 0.3) is 0 Å². The van der Waals surface area contributed by atoms with Crippen LogP contribution < -0.4 is 15.5 Å². The molecule has 5 heteroatoms. The summed E-state index contributed by atoms with van der Waals surface area (Å²) in [4.78, 5) is 11.6. The predicted octanol–water partition coefficient (Wildman–Crippen LogP) is 5.44. The van der Waals surface area contributed by atoms with E-state index in [0.29, 0.717) is 12.5 Å². The first kappa shape index (κ1) is 19.2. The fourth-order valence-corrected chi connectivity index (χ4v) is 3.75. The van der Waals surface area contributed by atoms with Crippen LogP contribution in [-0.2, 0) is 6.54 Å². The Kier molecular flexibility index (Phi) is 5.94. The second kappa shape index (κ2) is 8.95. The van der Waals surface area contributed by atoms with Gasteiger partial charge in [0.15, 0.2) is 0 Å². The number of piperidine rings is 1. The molecule has 0 spiro atoms. The molecule has 1 aliphatic rings. The summed E-state index contributed by atoms with van der Waals surface area (Å²) >= 11 is 0. The Bertz CT molecular complexity index is 946. The fraction of sp³-hybridized carbons (Fsp3) is 0.333. The number of nitrogens with one attached hydrogen (secondary N) is 2. The number of benzene rings is 2. The second-order valence-corrected chi connectivity index (χ2v) is 7.72. The molecule has 0 unspecified atom stereocenters. The molecule has 1 saturated heterocycles. The molecule has 0 aliphatic carbocycles. The Morgan fingerprint density at radius 1 is 0.897 bits per heavy atom. The molecule has 29 heavy (non-hydrogen) atoms. The van der Waals surface area contributed by atoms with E-state index in [0.717, 1.165) is 30.3 Å². The van der Waals surface area contributed by atoms with Crippen molar-refractivity contribution in [3.05, 3.63) is 71.4 Å². The lowest BCUT2D eigenvalue weighted by Gasteiger charge is -2.28. The van der Waals surface area contributed by atoms with Gasteiger partial charge in [0.05, 0.1) is 0 Å². The zero-order valence-electron chi connectivity index (χ0n) is 17.3. The zero-order chi connectivity index (χ0) is 20.1. The van der Waals surface area contributed by atoms with Crippen molar-refractivity contribution in [2.45, 2.75) is 39.7 Å². The Hall–Kier alpha value is -3.08. The highest BCUT2D eigenvalue weighted by Crippen LogP contribution is 2.24. The minimum Gasteiger partial charge on any atom is -0.372 e. The van der Waals surface area contributed by atoms with Crippen molar-refractivity contribution in [1.82, 2.24) is 9.97 Å². The first-order valence-corrected chi connectivity index (χ1v) is 10.4. The van der Waals surface area contributed by atoms with Crippen LogP contribution in [0.4, 0.5) is 23.1 Å². The molecule has 5 nitrogen and oxygen atoms in total. The van der Waals surface area contributed by atoms with Crippen LogP contribution in [0.15, 0.2) is 54.6 Å². The number of rotatable bonds is 6. The van der Waals surface area contributed by atoms with Crippen molar-refractivity contribution in [1.29, 1.82) is 0 Å². The highest BCUT2D eigenvalue weighted by Gasteiger charge is 2.11. The summed E-state index contributed by atoms with van der Waals surface area (Å²) < 4.78 is 0. The highest BCUT2D eigenvalue weighted by molar-refractivity contribution is 5.61. The van der Waals surface area contributed by atoms with E-state index in [2.05, 4.69) is 81.0 Å². The maximum atomic E-state index is 4.64. The molecule has 0 saturated carbocycles. The van der Waals surface area contributed by atoms with Crippen LogP contribution in [0.1, 0.15) is 36.1 Å². The van der Waals surface area contributed by atoms with Gasteiger partial charge < -0.3 is 15.5 Å². The molecule has 2 aromatic carbocycles. The van der Waals surface area contributed by atoms with Crippen LogP contribution in [0.5, 0.6) is 0 Å². The van der Waals surface area contributed by atoms with Gasteiger partial charge in [-0.3, -0.25) is 0 Å². The van der Waals surface area contributed by atoms with E-state index in [1.807, 2.05) is 13.0 Å². The third-order valence-corrected chi connectivity index (χ3v) is 5.41. The first-order chi connectivity index (χ1) is 14.2. The summed E-state index contributed by atoms with van der Waals surface area (Å²) in [5.41, 5.74) is 5.78. The summed E-state index contributed by atoms with van der Waals surface area (Å²) in [5, 5.41) is 6.77. The Morgan fingerprint density at radius 2 is 1.66 bits per heavy atom. The van der Waals surface area contributed by atoms with E-state index in [-0.39, 0.29) is 0 Å². The quantitative estimate of drug-likeness (QED) is 0.590. The molecule has 0 amide bonds. The molecule has 1 aromatic heterocycles. The maximum absolute atomic E-state index is 4.64. The number of anilines is 4. The summed E-state index contributed by atoms with van der Waals surface area (Å²) in [6.45, 7) is 7.14. The van der Waals surface area contributed by atoms with Gasteiger partial charge in [-0.15, -0.1) is 0 Å². The largest absolute Gasteiger partial charge is 0.372 e. The van der Waals surface area contributed by atoms with E-state index < -0.39 is 0 Å². The van der Waals surface area contributed by atoms with Crippen molar-refractivity contribution in [2.75, 3.05) is 28.6 Å². The van der Waals surface area contributed by atoms with Gasteiger partial charge in [0.2, 0.25) is 5.95 Å². The van der Waals surface area contributed by atoms with Crippen LogP contribution in [-0.4, -0.2) is 23.1 Å². The average molecular weight is 388 g/mol. The number of aryl methyl sites for hydroxylation is 2. The highest BCUT2D eigenvalue weighted by atomic mass is 15.1. The summed E-state index contributed by atoms with van der Waals surface area (Å²) in [6, 6.07) is 19.0. The van der Waals surface area contributed by atoms with Gasteiger partial charge in [0, 0.05) is 42.8 Å². The summed E-state index contributed by atoms with van der Waals surface area (Å²) in [5.74, 6) is 1.44. The monoisotopic (exact) mass is 387 g/mol. The molecule has 0 atom stereocenters. The lowest BCUT2D eigenvalue weighted by atomic mass is 10.1. The van der Waals surface area contributed by atoms with Gasteiger partial charge in [-0.1, -0.05) is 24.3 Å². The van der Waals surface area contributed by atoms with Crippen molar-refractivity contribution < 1.29 is 0 Å². The summed E-state index contributed by atoms with van der Waals surface area (Å²) in [7, 11) is 0. The lowest BCUT2D eigenvalue weighted by Crippen LogP contribution is -2.29. The molecule has 0 bridgehead atoms. The molecule has 1 fully saturated rings. The smallest absolute Gasteiger partial charge is 0.225 e. The standard InChI is InChI=1S/C24H29N5/c1-18-8-4-5-9-20(18)17-25-24-26-19(2)16-23(28-24)27-21-10-12-22(13-11-21)29-14-6-3-7-15-29/h4-5,8-13,16H,3,6-7,14-15,17H2,1-2H3,(H2,25,26,27,28). The maximum Gasteiger partial charge on any atom is 0.225 e. The lowest BCUT2D eigenvalue weighted by molar-refractivity contribution is 0.578. The van der Waals surface area contributed by atoms with Gasteiger partial charge in [0.1, 0.15) is 5.82 Å². The van der Waals surface area contributed by atoms with E-state index in [4.69, 9.17) is 0 Å². The molecule has 2 heterocycles. The predicted molar refractivity (Wildman–Crippen MR) is 121 cm³/mol. The third-order valence-electron chi connectivity index (χ3n) is 5.41. The van der Waals surface area contributed by atoms with Crippen LogP contribution >= 0.6 is 0 Å². The van der Waals surface area contributed by atoms with Gasteiger partial charge in [-0.25, -0.2) is 4.98 Å². The van der Waals surface area contributed by atoms with Crippen molar-refractivity contribution in [3.63, 3.8) is 0 Å². The Balaban J connectivity index is 1.42. The van der Waals surface area contributed by atoms with Gasteiger partial charge in [-0.05, 0) is 68.5 Å². The van der Waals surface area contributed by atoms with Crippen LogP contribution in [0, 0.1) is 13.8 Å². The molecule has 150 valence electrons. The number of hydrogen-bond donors (Lipinski definition) is 2. The molecule has 1 aliphatic heterocycles. The zero-order valence-corrected chi connectivity index (χ0v) is 17.3. The van der Waals surface area contributed by atoms with E-state index >= 15 is 0 Å². The van der Waals surface area contributed by atoms with Crippen LogP contribution in [0.3, 0.4) is 0 Å². The van der Waals surface area contributed by atoms with Crippen LogP contribution in [0.25, 0.3) is 0 Å². The Labute approximate surface area is 173 Å². The minimum absolute atomic E-state index is 0.640. The Morgan fingerprint density at radius 3 is 2.41 bits per heavy atom. The first-order valence-electron chi connectivity index (χ1n) is 10.4. The molecule has 3 aromatic rings. The topological polar surface area (TPSA) is 53.1 Å². The molecular formula is C24H29N5. The van der Waals surface area contributed by atoms with Crippen molar-refractivity contribution >= 4 is 23.1 Å². The minimum atomic E-state index is 0.640. The second-order valence-electron chi connectivity index (χ2n) is 7.72. The average Bonchev–Trinajstić information content (AvgIpc) is 2.74. The van der Waals surface area contributed by atoms with Crippen molar-refractivity contribution in [2.24, 2.45) is 0 Å². The number of nitrogens with zero attached hydrogens (tertiary/aromatic N) is 3. The molecule has 4 rings (SSSR count). The van der Waals surface area contributed by atoms with Gasteiger partial charge >= 0.3 is 0 Å². The fourth-order valence-electron chi connectivity index (χ4n) is 3.75. The summed E-state index contributed by atoms with van der Waals surface area (Å²) in [6.07, 6.45) is 3.93. The van der Waals surface area contributed by atoms with Crippen molar-refractivity contribution in [3.8, 4) is 0 Å². The SMILES string of the molecule is Cc1cc(Nc2ccc(N3CCCCC3)cc2)nc(NCc2ccccc2C)n1. The normalized spacial score (nSPS) is 13.9.